The molecule has 1 saturated heterocycles. The Balaban J connectivity index is 1.54. The first-order valence-corrected chi connectivity index (χ1v) is 11.4. The highest BCUT2D eigenvalue weighted by Gasteiger charge is 2.29. The molecule has 1 N–H and O–H groups in total. The van der Waals surface area contributed by atoms with Gasteiger partial charge < -0.3 is 33.4 Å². The first-order valence-electron chi connectivity index (χ1n) is 11.4. The van der Waals surface area contributed by atoms with Gasteiger partial charge in [0.25, 0.3) is 0 Å². The summed E-state index contributed by atoms with van der Waals surface area (Å²) in [5.74, 6) is 0.819. The van der Waals surface area contributed by atoms with Gasteiger partial charge in [0, 0.05) is 44.5 Å². The van der Waals surface area contributed by atoms with Crippen LogP contribution in [0.3, 0.4) is 0 Å². The van der Waals surface area contributed by atoms with E-state index >= 15 is 0 Å². The third-order valence-electron chi connectivity index (χ3n) is 6.08. The first kappa shape index (κ1) is 24.1. The molecule has 1 aliphatic heterocycles. The smallest absolute Gasteiger partial charge is 0.231 e. The van der Waals surface area contributed by atoms with Crippen LogP contribution in [0.25, 0.3) is 5.57 Å². The number of nitrogens with zero attached hydrogens (tertiary/aromatic N) is 1. The lowest BCUT2D eigenvalue weighted by molar-refractivity contribution is 0.0427. The first-order chi connectivity index (χ1) is 16.5. The van der Waals surface area contributed by atoms with E-state index in [1.165, 1.54) is 14.2 Å². The normalized spacial score (nSPS) is 19.7. The fourth-order valence-corrected chi connectivity index (χ4v) is 4.22. The number of anilines is 1. The quantitative estimate of drug-likeness (QED) is 0.544. The van der Waals surface area contributed by atoms with Gasteiger partial charge >= 0.3 is 0 Å². The Morgan fingerprint density at radius 3 is 2.53 bits per heavy atom. The molecule has 2 aliphatic rings. The summed E-state index contributed by atoms with van der Waals surface area (Å²) in [6, 6.07) is 11.3. The summed E-state index contributed by atoms with van der Waals surface area (Å²) in [7, 11) is 3.00. The van der Waals surface area contributed by atoms with E-state index in [4.69, 9.17) is 23.4 Å². The molecule has 2 atom stereocenters. The molecule has 1 aromatic carbocycles. The van der Waals surface area contributed by atoms with Crippen LogP contribution in [0.2, 0.25) is 0 Å². The molecular weight excluding hydrogens is 438 g/mol. The van der Waals surface area contributed by atoms with Gasteiger partial charge in [0.1, 0.15) is 18.0 Å². The van der Waals surface area contributed by atoms with E-state index in [0.29, 0.717) is 37.8 Å². The largest absolute Gasteiger partial charge is 0.506 e. The number of ether oxygens (including phenoxy) is 4. The molecule has 1 aromatic heterocycles. The molecule has 0 spiro atoms. The van der Waals surface area contributed by atoms with Crippen molar-refractivity contribution in [2.24, 2.45) is 0 Å². The Morgan fingerprint density at radius 2 is 1.88 bits per heavy atom. The minimum absolute atomic E-state index is 0.0357. The molecular formula is C26H31NO7. The van der Waals surface area contributed by atoms with E-state index in [2.05, 4.69) is 4.90 Å². The number of aliphatic hydroxyl groups is 1. The van der Waals surface area contributed by atoms with Gasteiger partial charge in [0.05, 0.1) is 20.3 Å². The maximum Gasteiger partial charge on any atom is 0.231 e. The second kappa shape index (κ2) is 10.9. The highest BCUT2D eigenvalue weighted by Crippen LogP contribution is 2.34. The van der Waals surface area contributed by atoms with Gasteiger partial charge in [0.15, 0.2) is 17.3 Å². The molecule has 0 bridgehead atoms. The van der Waals surface area contributed by atoms with Gasteiger partial charge in [-0.05, 0) is 42.8 Å². The average molecular weight is 470 g/mol. The molecule has 8 heteroatoms. The lowest BCUT2D eigenvalue weighted by Gasteiger charge is -2.29. The lowest BCUT2D eigenvalue weighted by Crippen LogP contribution is -2.36. The zero-order chi connectivity index (χ0) is 24.1. The number of ketones is 1. The molecule has 0 radical (unpaired) electrons. The van der Waals surface area contributed by atoms with Gasteiger partial charge in [-0.15, -0.1) is 0 Å². The van der Waals surface area contributed by atoms with Crippen LogP contribution in [-0.2, 0) is 18.9 Å². The monoisotopic (exact) mass is 469 g/mol. The number of carbonyl (C=O) groups is 1. The summed E-state index contributed by atoms with van der Waals surface area (Å²) < 4.78 is 27.8. The van der Waals surface area contributed by atoms with Crippen molar-refractivity contribution in [1.82, 2.24) is 0 Å². The standard InChI is InChI=1S/C26H31NO7/c1-4-33-26(17-5-7-19(8-6-17)27-11-13-32-14-12-27)25(29)21-10-9-20(34-21)18-15-22(30-2)24(28)23(16-18)31-3/h5-10,15,23,26,28H,4,11-14,16H2,1-3H3. The molecule has 0 amide bonds. The fraction of sp³-hybridized carbons (Fsp3) is 0.423. The lowest BCUT2D eigenvalue weighted by atomic mass is 9.98. The van der Waals surface area contributed by atoms with Gasteiger partial charge in [-0.3, -0.25) is 4.79 Å². The van der Waals surface area contributed by atoms with Crippen molar-refractivity contribution in [3.63, 3.8) is 0 Å². The zero-order valence-corrected chi connectivity index (χ0v) is 19.8. The van der Waals surface area contributed by atoms with Gasteiger partial charge in [0.2, 0.25) is 5.78 Å². The number of carbonyl (C=O) groups excluding carboxylic acids is 1. The van der Waals surface area contributed by atoms with Crippen LogP contribution >= 0.6 is 0 Å². The molecule has 0 saturated carbocycles. The van der Waals surface area contributed by atoms with Crippen molar-refractivity contribution >= 4 is 17.0 Å². The molecule has 1 fully saturated rings. The van der Waals surface area contributed by atoms with E-state index in [1.54, 1.807) is 18.2 Å². The van der Waals surface area contributed by atoms with Crippen LogP contribution in [0, 0.1) is 0 Å². The number of benzene rings is 1. The summed E-state index contributed by atoms with van der Waals surface area (Å²) >= 11 is 0. The van der Waals surface area contributed by atoms with E-state index in [1.807, 2.05) is 31.2 Å². The summed E-state index contributed by atoms with van der Waals surface area (Å²) in [6.45, 7) is 5.37. The van der Waals surface area contributed by atoms with E-state index < -0.39 is 12.2 Å². The molecule has 2 aromatic rings. The third-order valence-corrected chi connectivity index (χ3v) is 6.08. The van der Waals surface area contributed by atoms with Gasteiger partial charge in [-0.2, -0.15) is 0 Å². The number of morpholine rings is 1. The van der Waals surface area contributed by atoms with Crippen LogP contribution < -0.4 is 4.90 Å². The zero-order valence-electron chi connectivity index (χ0n) is 19.8. The molecule has 182 valence electrons. The van der Waals surface area contributed by atoms with Crippen LogP contribution in [0.15, 0.2) is 58.4 Å². The third kappa shape index (κ3) is 5.04. The Morgan fingerprint density at radius 1 is 1.15 bits per heavy atom. The maximum absolute atomic E-state index is 13.3. The van der Waals surface area contributed by atoms with Gasteiger partial charge in [-0.25, -0.2) is 0 Å². The molecule has 2 unspecified atom stereocenters. The van der Waals surface area contributed by atoms with Crippen molar-refractivity contribution in [1.29, 1.82) is 0 Å². The maximum atomic E-state index is 13.3. The number of aliphatic hydroxyl groups excluding tert-OH is 1. The van der Waals surface area contributed by atoms with Crippen molar-refractivity contribution in [2.75, 3.05) is 52.0 Å². The molecule has 1 aliphatic carbocycles. The number of methoxy groups -OCH3 is 2. The molecule has 34 heavy (non-hydrogen) atoms. The highest BCUT2D eigenvalue weighted by molar-refractivity contribution is 5.98. The Kier molecular flexibility index (Phi) is 7.72. The van der Waals surface area contributed by atoms with Crippen molar-refractivity contribution in [3.05, 3.63) is 71.1 Å². The van der Waals surface area contributed by atoms with Crippen LogP contribution in [0.1, 0.15) is 41.3 Å². The van der Waals surface area contributed by atoms with Gasteiger partial charge in [-0.1, -0.05) is 12.1 Å². The van der Waals surface area contributed by atoms with E-state index in [0.717, 1.165) is 29.9 Å². The van der Waals surface area contributed by atoms with Crippen molar-refractivity contribution < 1.29 is 33.3 Å². The Bertz CT molecular complexity index is 1050. The number of allylic oxidation sites excluding steroid dienone is 1. The number of hydrogen-bond donors (Lipinski definition) is 1. The summed E-state index contributed by atoms with van der Waals surface area (Å²) in [5, 5.41) is 10.2. The number of rotatable bonds is 9. The molecule has 2 heterocycles. The molecule has 8 nitrogen and oxygen atoms in total. The Hall–Kier alpha value is -3.07. The average Bonchev–Trinajstić information content (AvgIpc) is 3.38. The second-order valence-electron chi connectivity index (χ2n) is 8.11. The number of hydrogen-bond acceptors (Lipinski definition) is 8. The summed E-state index contributed by atoms with van der Waals surface area (Å²) in [6.07, 6.45) is 0.782. The Labute approximate surface area is 199 Å². The SMILES string of the molecule is CCOC(C(=O)c1ccc(C2=CC(OC)=C(O)C(OC)C2)o1)c1ccc(N2CCOCC2)cc1. The second-order valence-corrected chi connectivity index (χ2v) is 8.11. The predicted molar refractivity (Wildman–Crippen MR) is 127 cm³/mol. The summed E-state index contributed by atoms with van der Waals surface area (Å²) in [5.41, 5.74) is 2.63. The fourth-order valence-electron chi connectivity index (χ4n) is 4.22. The topological polar surface area (TPSA) is 90.6 Å². The highest BCUT2D eigenvalue weighted by atomic mass is 16.5. The van der Waals surface area contributed by atoms with E-state index in [-0.39, 0.29) is 17.3 Å². The number of Topliss-reactive ketones (excluding diaryl/α,β-unsaturated/α-hetero) is 1. The minimum Gasteiger partial charge on any atom is -0.506 e. The van der Waals surface area contributed by atoms with E-state index in [9.17, 15) is 9.90 Å². The predicted octanol–water partition coefficient (Wildman–Crippen LogP) is 4.29. The molecule has 4 rings (SSSR count). The van der Waals surface area contributed by atoms with Crippen molar-refractivity contribution in [3.8, 4) is 0 Å². The van der Waals surface area contributed by atoms with Crippen LogP contribution in [0.5, 0.6) is 0 Å². The number of furan rings is 1. The van der Waals surface area contributed by atoms with Crippen LogP contribution in [0.4, 0.5) is 5.69 Å². The minimum atomic E-state index is -0.770. The van der Waals surface area contributed by atoms with Crippen molar-refractivity contribution in [2.45, 2.75) is 25.6 Å². The van der Waals surface area contributed by atoms with Crippen LogP contribution in [-0.4, -0.2) is 64.1 Å². The summed E-state index contributed by atoms with van der Waals surface area (Å²) in [4.78, 5) is 15.6.